The highest BCUT2D eigenvalue weighted by Crippen LogP contribution is 2.49. The highest BCUT2D eigenvalue weighted by atomic mass is 35.5. The molecule has 0 spiro atoms. The first-order valence-corrected chi connectivity index (χ1v) is 43.0. The maximum Gasteiger partial charge on any atom is 0.436 e. The van der Waals surface area contributed by atoms with Crippen LogP contribution in [0.2, 0.25) is 26.0 Å². The second-order valence-corrected chi connectivity index (χ2v) is 36.2. The molecule has 7 amide bonds. The Kier molecular flexibility index (Phi) is 27.1. The molecule has 39 heteroatoms. The van der Waals surface area contributed by atoms with E-state index in [9.17, 15) is 33.6 Å². The lowest BCUT2D eigenvalue weighted by Gasteiger charge is -2.33. The number of carbonyl (C=O) groups is 6. The van der Waals surface area contributed by atoms with Gasteiger partial charge in [0.2, 0.25) is 16.6 Å². The van der Waals surface area contributed by atoms with Gasteiger partial charge in [-0.3, -0.25) is 15.1 Å². The number of anilines is 5. The third-order valence-corrected chi connectivity index (χ3v) is 24.0. The summed E-state index contributed by atoms with van der Waals surface area (Å²) in [6.45, 7) is 26.3. The van der Waals surface area contributed by atoms with Crippen LogP contribution in [0.3, 0.4) is 0 Å². The van der Waals surface area contributed by atoms with Gasteiger partial charge in [-0.25, -0.2) is 58.5 Å². The molecule has 6 aromatic heterocycles. The number of urea groups is 3. The minimum Gasteiger partial charge on any atom is -0.448 e. The molecule has 8 atom stereocenters. The fourth-order valence-corrected chi connectivity index (χ4v) is 17.0. The average molecular weight is 1820 g/mol. The van der Waals surface area contributed by atoms with Crippen LogP contribution in [-0.4, -0.2) is 165 Å². The number of aromatic nitrogens is 12. The molecule has 12 N–H and O–H groups in total. The van der Waals surface area contributed by atoms with Crippen LogP contribution in [0.25, 0.3) is 0 Å². The Morgan fingerprint density at radius 3 is 1.24 bits per heavy atom. The number of nitrogens with zero attached hydrogens (tertiary/aromatic N) is 15. The van der Waals surface area contributed by atoms with E-state index in [0.29, 0.717) is 83.3 Å². The average Bonchev–Trinajstić information content (AvgIpc) is 1.58. The summed E-state index contributed by atoms with van der Waals surface area (Å²) in [6.07, 6.45) is 3.82. The van der Waals surface area contributed by atoms with Crippen LogP contribution in [-0.2, 0) is 67.3 Å². The number of halogens is 5. The lowest BCUT2D eigenvalue weighted by molar-refractivity contribution is 0.00438. The Hall–Kier alpha value is -12.1. The van der Waals surface area contributed by atoms with Gasteiger partial charge < -0.3 is 67.4 Å². The van der Waals surface area contributed by atoms with Gasteiger partial charge in [0.1, 0.15) is 38.5 Å². The number of ether oxygens (including phenoxy) is 3. The number of isocyanates is 1. The summed E-state index contributed by atoms with van der Waals surface area (Å²) >= 11 is 28.1. The summed E-state index contributed by atoms with van der Waals surface area (Å²) in [6, 6.07) is 44.4. The molecular formula is C87H101Cl5N24O10. The Morgan fingerprint density at radius 2 is 0.849 bits per heavy atom. The number of rotatable bonds is 12. The number of nitrogens with two attached hydrogens (primary N) is 3. The zero-order valence-electron chi connectivity index (χ0n) is 71.8. The Labute approximate surface area is 753 Å². The molecule has 4 unspecified atom stereocenters. The maximum absolute atomic E-state index is 13.1. The van der Waals surface area contributed by atoms with Crippen LogP contribution in [0.5, 0.6) is 0 Å². The van der Waals surface area contributed by atoms with E-state index in [1.165, 1.54) is 28.3 Å². The van der Waals surface area contributed by atoms with E-state index in [1.54, 1.807) is 35.8 Å². The van der Waals surface area contributed by atoms with E-state index in [1.807, 2.05) is 159 Å². The fraction of sp³-hybridized carbons (Fsp3) is 0.414. The first-order valence-electron chi connectivity index (χ1n) is 41.1. The minimum absolute atomic E-state index is 0.0394. The van der Waals surface area contributed by atoms with Gasteiger partial charge in [-0.05, 0) is 161 Å². The Bertz CT molecular complexity index is 5650. The van der Waals surface area contributed by atoms with Gasteiger partial charge in [0.25, 0.3) is 0 Å². The van der Waals surface area contributed by atoms with Gasteiger partial charge >= 0.3 is 36.4 Å². The normalized spacial score (nSPS) is 20.6. The standard InChI is InChI=1S/C21H21Cl2N7O.C20H25N5O3.C17H21N5O.C15H24N4O4.C10H9NO.C4HCl3N2/c1-21(2)17-13(18(29-28-17)26-16-9-15(22)25-19(23)27-16)10-30(21)20(31)24-14-8-12(14)11-6-4-3-5-7-11;1-4-28-19(27)25-17(21)14-11-24(20(2,3)16(14)23-25)18(26)22-15-10-13(15)12-8-6-5-7-9-12;1-17(2)14-12(15(18)21-20-14)9-22(17)16(23)19-13-8-11(13)10-6-4-3-5-7-10;1-7-22-13(21)19-11(16)9-8-18(12(20)23-14(2,3)4)15(5,6)10(9)17-19;12-7-11-10-6-9(10)8-4-2-1-3-5-8;5-2-1-3(6)9-4(7)8-2/h3-7,9,12,14H,8,10H2,1-2H3,(H,24,31)(H2,25,26,27,28,29);5-9,13,15H,4,10-11,21H2,1-3H3,(H,22,26);3-7,11,13H,8-9H2,1-2H3,(H,19,23)(H3,18,20,21);7-8,16H2,1-6H3;1-5,9-10H,6H2;1H/t12-,14?;13-,15?;11-,13?;;9?,10-;/m111.0./s1. The molecule has 664 valence electrons. The van der Waals surface area contributed by atoms with Crippen LogP contribution < -0.4 is 38.5 Å². The molecule has 34 nitrogen and oxygen atoms in total. The molecule has 126 heavy (non-hydrogen) atoms. The fourth-order valence-electron chi connectivity index (χ4n) is 15.9. The molecule has 0 radical (unpaired) electrons. The largest absolute Gasteiger partial charge is 0.448 e. The zero-order valence-corrected chi connectivity index (χ0v) is 75.6. The van der Waals surface area contributed by atoms with E-state index in [4.69, 9.17) is 89.4 Å². The van der Waals surface area contributed by atoms with E-state index in [-0.39, 0.29) is 99.7 Å². The quantitative estimate of drug-likeness (QED) is 0.0180. The molecular weight excluding hydrogens is 1720 g/mol. The molecule has 0 bridgehead atoms. The van der Waals surface area contributed by atoms with Crippen LogP contribution >= 0.6 is 58.0 Å². The molecule has 4 aliphatic heterocycles. The summed E-state index contributed by atoms with van der Waals surface area (Å²) in [5.74, 6) is 3.54. The number of nitrogens with one attached hydrogen (secondary N) is 6. The second kappa shape index (κ2) is 37.2. The molecule has 8 aliphatic rings. The van der Waals surface area contributed by atoms with Crippen LogP contribution in [0, 0.1) is 0 Å². The number of hydrogen-bond acceptors (Lipinski definition) is 23. The second-order valence-electron chi connectivity index (χ2n) is 34.3. The predicted molar refractivity (Wildman–Crippen MR) is 477 cm³/mol. The summed E-state index contributed by atoms with van der Waals surface area (Å²) in [5, 5.41) is 36.5. The SMILES string of the molecule is CC1(C)c2[nH]nc(N)c2CN1C(=O)NC1C[C@@H]1c1ccccc1.CC1(C)c2[nH]nc(Nc3cc(Cl)nc(Cl)n3)c2CN1C(=O)NC1C[C@@H]1c1ccccc1.CCOC(=O)n1nc2c(c1N)CN(C(=O)NC1C[C@@H]1c1ccccc1)C2(C)C.CCOC(=O)n1nc2c(c1N)CN(C(=O)OC(C)(C)C)C2(C)C.Clc1cc(Cl)nc(Cl)n1.O=C=N[C@H]1CC1c1ccccc1. The molecule has 10 aromatic rings. The monoisotopic (exact) mass is 1820 g/mol. The highest BCUT2D eigenvalue weighted by Gasteiger charge is 2.52. The van der Waals surface area contributed by atoms with Gasteiger partial charge in [-0.2, -0.15) is 20.4 Å². The number of benzene rings is 4. The summed E-state index contributed by atoms with van der Waals surface area (Å²) in [5.41, 5.74) is 26.3. The van der Waals surface area contributed by atoms with E-state index >= 15 is 0 Å². The summed E-state index contributed by atoms with van der Waals surface area (Å²) < 4.78 is 17.5. The molecule has 4 fully saturated rings. The number of nitrogen functional groups attached to an aromatic ring is 3. The van der Waals surface area contributed by atoms with E-state index in [2.05, 4.69) is 125 Å². The van der Waals surface area contributed by atoms with Crippen molar-refractivity contribution >= 4 is 130 Å². The third kappa shape index (κ3) is 20.4. The van der Waals surface area contributed by atoms with Crippen molar-refractivity contribution in [2.24, 2.45) is 4.99 Å². The van der Waals surface area contributed by atoms with Crippen LogP contribution in [0.4, 0.5) is 57.9 Å². The van der Waals surface area contributed by atoms with Crippen LogP contribution in [0.15, 0.2) is 138 Å². The molecule has 10 heterocycles. The van der Waals surface area contributed by atoms with Gasteiger partial charge in [-0.1, -0.05) is 156 Å². The zero-order chi connectivity index (χ0) is 90.8. The first kappa shape index (κ1) is 91.6. The molecule has 18 rings (SSSR count). The van der Waals surface area contributed by atoms with Gasteiger partial charge in [0.15, 0.2) is 11.6 Å². The van der Waals surface area contributed by atoms with Crippen molar-refractivity contribution in [3.63, 3.8) is 0 Å². The maximum atomic E-state index is 13.1. The van der Waals surface area contributed by atoms with Crippen molar-refractivity contribution in [3.8, 4) is 0 Å². The first-order chi connectivity index (χ1) is 59.7. The van der Waals surface area contributed by atoms with Crippen molar-refractivity contribution in [1.29, 1.82) is 0 Å². The Morgan fingerprint density at radius 1 is 0.484 bits per heavy atom. The van der Waals surface area contributed by atoms with E-state index in [0.717, 1.165) is 57.6 Å². The van der Waals surface area contributed by atoms with Gasteiger partial charge in [0.05, 0.1) is 90.4 Å². The van der Waals surface area contributed by atoms with Crippen molar-refractivity contribution in [3.05, 3.63) is 227 Å². The molecule has 4 aromatic carbocycles. The van der Waals surface area contributed by atoms with Gasteiger partial charge in [0, 0.05) is 76.2 Å². The number of aliphatic imine (C=N–C) groups is 1. The lowest BCUT2D eigenvalue weighted by Crippen LogP contribution is -2.47. The number of carbonyl (C=O) groups excluding carboxylic acids is 7. The molecule has 0 saturated heterocycles. The highest BCUT2D eigenvalue weighted by molar-refractivity contribution is 6.35. The summed E-state index contributed by atoms with van der Waals surface area (Å²) in [4.78, 5) is 111. The summed E-state index contributed by atoms with van der Waals surface area (Å²) in [7, 11) is 0. The predicted octanol–water partition coefficient (Wildman–Crippen LogP) is 16.4. The van der Waals surface area contributed by atoms with Gasteiger partial charge in [-0.15, -0.1) is 9.36 Å². The Balaban J connectivity index is 0.000000134. The lowest BCUT2D eigenvalue weighted by atomic mass is 10.0. The van der Waals surface area contributed by atoms with Crippen molar-refractivity contribution < 1.29 is 47.8 Å². The molecule has 4 aliphatic carbocycles. The third-order valence-electron chi connectivity index (χ3n) is 23.1. The number of aromatic amines is 2. The van der Waals surface area contributed by atoms with E-state index < -0.39 is 46.0 Å². The van der Waals surface area contributed by atoms with Crippen molar-refractivity contribution in [2.45, 2.75) is 217 Å². The number of hydrogen-bond donors (Lipinski definition) is 9. The number of H-pyrrole nitrogens is 2. The number of fused-ring (bicyclic) bond motifs is 4. The smallest absolute Gasteiger partial charge is 0.436 e. The van der Waals surface area contributed by atoms with Crippen molar-refractivity contribution in [1.82, 2.24) is 95.4 Å². The number of amides is 7. The van der Waals surface area contributed by atoms with Crippen molar-refractivity contribution in [2.75, 3.05) is 35.7 Å². The van der Waals surface area contributed by atoms with Crippen LogP contribution in [0.1, 0.15) is 207 Å². The topological polar surface area (TPSA) is 443 Å². The minimum atomic E-state index is -0.733. The molecule has 4 saturated carbocycles.